The number of likely N-dealkylation sites (N-methyl/N-ethyl adjacent to an activating group) is 2. The van der Waals surface area contributed by atoms with Crippen molar-refractivity contribution in [3.8, 4) is 16.9 Å². The summed E-state index contributed by atoms with van der Waals surface area (Å²) in [4.78, 5) is 143. The Balaban J connectivity index is 1.00. The summed E-state index contributed by atoms with van der Waals surface area (Å²) in [5, 5.41) is 14.1. The Bertz CT molecular complexity index is 3840. The number of nitrogens with zero attached hydrogens (tertiary/aromatic N) is 3. The van der Waals surface area contributed by atoms with E-state index < -0.39 is 115 Å². The number of aromatic nitrogens is 1. The molecule has 0 radical (unpaired) electrons. The molecule has 26 nitrogen and oxygen atoms in total. The second-order valence-corrected chi connectivity index (χ2v) is 28.5. The van der Waals surface area contributed by atoms with E-state index in [0.29, 0.717) is 55.6 Å². The van der Waals surface area contributed by atoms with Gasteiger partial charge in [0.05, 0.1) is 32.3 Å². The Morgan fingerprint density at radius 3 is 2.06 bits per heavy atom. The minimum Gasteiger partial charge on any atom is -0.467 e. The molecular weight excluding hydrogens is 1370 g/mol. The van der Waals surface area contributed by atoms with Crippen molar-refractivity contribution in [2.75, 3.05) is 59.9 Å². The highest BCUT2D eigenvalue weighted by Crippen LogP contribution is 2.45. The van der Waals surface area contributed by atoms with Crippen LogP contribution in [0.5, 0.6) is 5.75 Å². The van der Waals surface area contributed by atoms with Crippen LogP contribution >= 0.6 is 11.3 Å². The van der Waals surface area contributed by atoms with Crippen molar-refractivity contribution in [2.24, 2.45) is 17.8 Å². The Kier molecular flexibility index (Phi) is 29.3. The molecular formula is C78H100N7O19S+. The van der Waals surface area contributed by atoms with Crippen molar-refractivity contribution in [2.45, 2.75) is 180 Å². The number of hydrogen-bond acceptors (Lipinski definition) is 21. The zero-order valence-electron chi connectivity index (χ0n) is 61.9. The van der Waals surface area contributed by atoms with Crippen LogP contribution in [0.2, 0.25) is 0 Å². The zero-order chi connectivity index (χ0) is 76.2. The fraction of sp³-hybridized carbons (Fsp3) is 0.500. The third kappa shape index (κ3) is 21.3. The number of esters is 5. The number of likely N-dealkylation sites (tertiary alicyclic amines) is 1. The monoisotopic (exact) mass is 1470 g/mol. The van der Waals surface area contributed by atoms with Gasteiger partial charge in [-0.2, -0.15) is 0 Å². The van der Waals surface area contributed by atoms with Crippen LogP contribution in [0.1, 0.15) is 150 Å². The van der Waals surface area contributed by atoms with Crippen molar-refractivity contribution < 1.29 is 95.1 Å². The van der Waals surface area contributed by atoms with E-state index in [1.54, 1.807) is 43.5 Å². The number of thiazole rings is 1. The van der Waals surface area contributed by atoms with Gasteiger partial charge in [0.2, 0.25) is 24.2 Å². The number of methoxy groups -OCH3 is 2. The second-order valence-electron chi connectivity index (χ2n) is 27.6. The highest BCUT2D eigenvalue weighted by Gasteiger charge is 2.56. The van der Waals surface area contributed by atoms with Gasteiger partial charge in [-0.25, -0.2) is 14.6 Å². The van der Waals surface area contributed by atoms with Gasteiger partial charge in [-0.1, -0.05) is 133 Å². The maximum absolute atomic E-state index is 15.2. The average molecular weight is 1470 g/mol. The summed E-state index contributed by atoms with van der Waals surface area (Å²) in [7, 11) is 6.28. The van der Waals surface area contributed by atoms with Crippen molar-refractivity contribution in [3.05, 3.63) is 148 Å². The molecule has 4 aromatic carbocycles. The lowest BCUT2D eigenvalue weighted by Crippen LogP contribution is -2.64. The van der Waals surface area contributed by atoms with Gasteiger partial charge in [0.25, 0.3) is 11.8 Å². The normalized spacial score (nSPS) is 20.7. The van der Waals surface area contributed by atoms with E-state index in [2.05, 4.69) is 27.8 Å². The molecule has 2 saturated heterocycles. The van der Waals surface area contributed by atoms with Crippen LogP contribution in [0.3, 0.4) is 0 Å². The number of amides is 5. The predicted octanol–water partition coefficient (Wildman–Crippen LogP) is 9.47. The highest BCUT2D eigenvalue weighted by molar-refractivity contribution is 7.09. The summed E-state index contributed by atoms with van der Waals surface area (Å²) in [5.74, 6) is -7.08. The largest absolute Gasteiger partial charge is 0.467 e. The first kappa shape index (κ1) is 81.1. The molecule has 0 spiro atoms. The maximum atomic E-state index is 15.2. The molecule has 1 aromatic heterocycles. The number of piperidine rings is 1. The van der Waals surface area contributed by atoms with Gasteiger partial charge < -0.3 is 73.3 Å². The first-order valence-corrected chi connectivity index (χ1v) is 36.5. The molecule has 5 amide bonds. The molecule has 8 rings (SSSR count). The van der Waals surface area contributed by atoms with E-state index in [1.165, 1.54) is 23.5 Å². The van der Waals surface area contributed by atoms with E-state index in [9.17, 15) is 38.4 Å². The fourth-order valence-corrected chi connectivity index (χ4v) is 14.9. The fourth-order valence-electron chi connectivity index (χ4n) is 14.0. The maximum Gasteiger partial charge on any atom is 0.407 e. The van der Waals surface area contributed by atoms with Crippen molar-refractivity contribution in [3.63, 3.8) is 0 Å². The number of carbonyl (C=O) groups excluding carboxylic acids is 10. The lowest BCUT2D eigenvalue weighted by Gasteiger charge is -2.45. The molecule has 13 atom stereocenters. The molecule has 3 aliphatic rings. The summed E-state index contributed by atoms with van der Waals surface area (Å²) in [5.41, 5.74) is 5.95. The Morgan fingerprint density at radius 2 is 1.43 bits per heavy atom. The molecule has 1 aliphatic carbocycles. The van der Waals surface area contributed by atoms with E-state index in [1.807, 2.05) is 114 Å². The number of ether oxygens (including phenoxy) is 9. The summed E-state index contributed by atoms with van der Waals surface area (Å²) >= 11 is 1.26. The summed E-state index contributed by atoms with van der Waals surface area (Å²) in [6.07, 6.45) is -5.30. The van der Waals surface area contributed by atoms with Gasteiger partial charge in [-0.3, -0.25) is 38.4 Å². The molecule has 4 N–H and O–H groups in total. The lowest BCUT2D eigenvalue weighted by molar-refractivity contribution is -0.942. The number of anilines is 1. The summed E-state index contributed by atoms with van der Waals surface area (Å²) in [6.45, 7) is 17.1. The molecule has 1 unspecified atom stereocenters. The standard InChI is InChI=1S/C78H99N7O19S/c1-14-37-98-75(93)47(6)38-53(39-51-25-17-16-18-26-51)80-71(90)60-44-105-73(82-60)64(96-12)41-61(45(3)4)84(10)74(92)66(46(5)15-2)83-72(91)62-31-23-24-36-85(62,11)42-52-32-33-63(103-77-70(102-50(9)88)68(101-49(8)87)67(100-48(7)86)69(104-77)76(94)97-13)59(40-52)81-65(89)34-35-79-78(95)99-43-58-56-29-21-19-27-54(56)55-28-20-22-30-57(55)58/h14,16-22,25-30,32-33,40,44-47,53,58,61-62,64,66-70,77H,1,15,23-24,31,34-39,41-43H2,2-13H3,(H3-,79,80,81,83,89,90,91,95)/p+1/t46-,47-,53+,61+,62+,64+,66-,67-,68+,69-,70-,77+,85?/m0/s1. The number of quaternary nitrogens is 1. The first-order valence-electron chi connectivity index (χ1n) is 35.6. The first-order chi connectivity index (χ1) is 50.2. The Morgan fingerprint density at radius 1 is 0.781 bits per heavy atom. The molecule has 0 saturated carbocycles. The SMILES string of the molecule is C=CCOC(=O)[C@@H](C)C[C@H](Cc1ccccc1)NC(=O)c1csc([C@@H](C[C@H](C(C)C)N(C)C(=O)[C@@H](NC(=O)[C@H]2CCCC[N+]2(C)Cc2ccc(O[C@@H]3O[C@H](C(=O)OC)[C@@H](OC(C)=O)[C@@H](OC(C)=O)[C@@H]3OC(C)=O)c(NC(=O)CCNC(=O)OCC3c4ccccc4-c4ccccc43)c2)[C@@H](C)CC)OC)n1. The number of hydrogen-bond donors (Lipinski definition) is 4. The zero-order valence-corrected chi connectivity index (χ0v) is 62.7. The summed E-state index contributed by atoms with van der Waals surface area (Å²) < 4.78 is 51.6. The number of nitrogens with one attached hydrogen (secondary N) is 4. The topological polar surface area (TPSA) is 318 Å². The predicted molar refractivity (Wildman–Crippen MR) is 389 cm³/mol. The minimum absolute atomic E-state index is 0.0330. The average Bonchev–Trinajstić information content (AvgIpc) is 1.76. The van der Waals surface area contributed by atoms with E-state index in [4.69, 9.17) is 47.6 Å². The third-order valence-electron chi connectivity index (χ3n) is 19.6. The van der Waals surface area contributed by atoms with Crippen LogP contribution in [0.25, 0.3) is 11.1 Å². The van der Waals surface area contributed by atoms with Crippen LogP contribution < -0.4 is 26.0 Å². The van der Waals surface area contributed by atoms with Crippen molar-refractivity contribution >= 4 is 76.6 Å². The number of rotatable bonds is 34. The van der Waals surface area contributed by atoms with E-state index >= 15 is 9.59 Å². The molecule has 566 valence electrons. The molecule has 105 heavy (non-hydrogen) atoms. The van der Waals surface area contributed by atoms with Crippen molar-refractivity contribution in [1.82, 2.24) is 25.8 Å². The second kappa shape index (κ2) is 37.9. The number of benzene rings is 4. The molecule has 2 aliphatic heterocycles. The van der Waals surface area contributed by atoms with Gasteiger partial charge in [0, 0.05) is 89.7 Å². The molecule has 2 fully saturated rings. The molecule has 5 aromatic rings. The lowest BCUT2D eigenvalue weighted by atomic mass is 9.92. The van der Waals surface area contributed by atoms with Gasteiger partial charge in [-0.15, -0.1) is 11.3 Å². The highest BCUT2D eigenvalue weighted by atomic mass is 32.1. The van der Waals surface area contributed by atoms with E-state index in [0.717, 1.165) is 62.1 Å². The van der Waals surface area contributed by atoms with Crippen LogP contribution in [0.4, 0.5) is 10.5 Å². The minimum atomic E-state index is -1.80. The van der Waals surface area contributed by atoms with Crippen molar-refractivity contribution in [1.29, 1.82) is 0 Å². The van der Waals surface area contributed by atoms with Gasteiger partial charge in [0.1, 0.15) is 48.4 Å². The Hall–Kier alpha value is -9.57. The quantitative estimate of drug-likeness (QED) is 0.0129. The number of fused-ring (bicyclic) bond motifs is 3. The number of alkyl carbamates (subject to hydrolysis) is 1. The third-order valence-corrected chi connectivity index (χ3v) is 20.5. The van der Waals surface area contributed by atoms with E-state index in [-0.39, 0.29) is 83.9 Å². The molecule has 3 heterocycles. The number of carbonyl (C=O) groups is 10. The molecule has 0 bridgehead atoms. The van der Waals surface area contributed by atoms with Crippen LogP contribution in [0.15, 0.2) is 115 Å². The van der Waals surface area contributed by atoms with Crippen LogP contribution in [-0.2, 0) is 89.2 Å². The van der Waals surface area contributed by atoms with Gasteiger partial charge >= 0.3 is 35.9 Å². The smallest absolute Gasteiger partial charge is 0.407 e. The molecule has 27 heteroatoms. The van der Waals surface area contributed by atoms with Crippen LogP contribution in [-0.4, -0.2) is 183 Å². The van der Waals surface area contributed by atoms with Gasteiger partial charge in [-0.05, 0) is 83.5 Å². The van der Waals surface area contributed by atoms with Gasteiger partial charge in [0.15, 0.2) is 24.4 Å². The summed E-state index contributed by atoms with van der Waals surface area (Å²) in [6, 6.07) is 27.8. The Labute approximate surface area is 617 Å². The van der Waals surface area contributed by atoms with Crippen LogP contribution in [0, 0.1) is 17.8 Å².